The van der Waals surface area contributed by atoms with Gasteiger partial charge in [0.05, 0.1) is 11.0 Å². The van der Waals surface area contributed by atoms with Crippen LogP contribution >= 0.6 is 12.2 Å². The van der Waals surface area contributed by atoms with Crippen molar-refractivity contribution in [2.24, 2.45) is 0 Å². The lowest BCUT2D eigenvalue weighted by atomic mass is 10.2. The highest BCUT2D eigenvalue weighted by molar-refractivity contribution is 7.80. The molecule has 0 saturated carbocycles. The number of thiocarbonyl (C=S) groups is 1. The molecule has 30 heavy (non-hydrogen) atoms. The molecule has 0 spiro atoms. The van der Waals surface area contributed by atoms with Crippen LogP contribution in [0.1, 0.15) is 15.9 Å². The van der Waals surface area contributed by atoms with E-state index in [0.29, 0.717) is 34.6 Å². The molecule has 0 saturated heterocycles. The first-order valence-electron chi connectivity index (χ1n) is 9.18. The molecule has 0 bridgehead atoms. The number of benzene rings is 3. The third-order valence-electron chi connectivity index (χ3n) is 4.37. The fourth-order valence-corrected chi connectivity index (χ4v) is 3.10. The monoisotopic (exact) mass is 418 g/mol. The number of carbonyl (C=O) groups is 1. The minimum absolute atomic E-state index is 0.154. The third kappa shape index (κ3) is 4.73. The predicted octanol–water partition coefficient (Wildman–Crippen LogP) is 3.56. The lowest BCUT2D eigenvalue weighted by molar-refractivity contribution is 0.0977. The molecule has 0 aliphatic rings. The average Bonchev–Trinajstić information content (AvgIpc) is 3.12. The van der Waals surface area contributed by atoms with E-state index in [1.807, 2.05) is 30.3 Å². The molecule has 150 valence electrons. The van der Waals surface area contributed by atoms with Gasteiger partial charge in [-0.3, -0.25) is 10.1 Å². The predicted molar refractivity (Wildman–Crippen MR) is 120 cm³/mol. The Balaban J connectivity index is 1.33. The lowest BCUT2D eigenvalue weighted by Gasteiger charge is -2.10. The average molecular weight is 418 g/mol. The smallest absolute Gasteiger partial charge is 0.323 e. The molecule has 1 amide bonds. The summed E-state index contributed by atoms with van der Waals surface area (Å²) in [5.74, 6) is 0.336. The van der Waals surface area contributed by atoms with Gasteiger partial charge in [-0.2, -0.15) is 0 Å². The first-order valence-corrected chi connectivity index (χ1v) is 9.59. The van der Waals surface area contributed by atoms with Crippen molar-refractivity contribution in [3.63, 3.8) is 0 Å². The molecule has 1 aromatic heterocycles. The molecule has 0 unspecified atom stereocenters. The summed E-state index contributed by atoms with van der Waals surface area (Å²) in [6.07, 6.45) is 0. The van der Waals surface area contributed by atoms with Crippen molar-refractivity contribution in [2.45, 2.75) is 6.61 Å². The van der Waals surface area contributed by atoms with Gasteiger partial charge in [-0.05, 0) is 60.2 Å². The van der Waals surface area contributed by atoms with Crippen LogP contribution in [0, 0.1) is 0 Å². The molecule has 0 radical (unpaired) electrons. The first-order chi connectivity index (χ1) is 14.6. The lowest BCUT2D eigenvalue weighted by Crippen LogP contribution is -2.34. The molecule has 1 heterocycles. The van der Waals surface area contributed by atoms with Gasteiger partial charge in [0.2, 0.25) is 0 Å². The number of fused-ring (bicyclic) bond motifs is 1. The normalized spacial score (nSPS) is 10.5. The van der Waals surface area contributed by atoms with Gasteiger partial charge in [0.15, 0.2) is 5.11 Å². The number of rotatable bonds is 5. The van der Waals surface area contributed by atoms with E-state index in [4.69, 9.17) is 17.0 Å². The number of nitrogens with one attached hydrogen (secondary N) is 4. The standard InChI is InChI=1S/C22H18N4O3S/c27-20(15-6-9-17(10-7-15)29-13-14-4-2-1-3-5-14)26-22(30)23-16-8-11-18-19(12-16)25-21(28)24-18/h1-12H,13H2,(H2,24,25,28)(H2,23,26,27,30). The maximum absolute atomic E-state index is 12.4. The molecule has 0 fully saturated rings. The van der Waals surface area contributed by atoms with Crippen molar-refractivity contribution in [2.75, 3.05) is 5.32 Å². The van der Waals surface area contributed by atoms with Crippen LogP contribution in [0.15, 0.2) is 77.6 Å². The molecule has 0 atom stereocenters. The second-order valence-electron chi connectivity index (χ2n) is 6.55. The second-order valence-corrected chi connectivity index (χ2v) is 6.95. The Labute approximate surface area is 177 Å². The summed E-state index contributed by atoms with van der Waals surface area (Å²) in [5, 5.41) is 5.72. The largest absolute Gasteiger partial charge is 0.489 e. The van der Waals surface area contributed by atoms with E-state index in [1.165, 1.54) is 0 Å². The van der Waals surface area contributed by atoms with Crippen molar-refractivity contribution in [3.05, 3.63) is 94.4 Å². The maximum Gasteiger partial charge on any atom is 0.323 e. The minimum Gasteiger partial charge on any atom is -0.489 e. The topological polar surface area (TPSA) is 99.0 Å². The fourth-order valence-electron chi connectivity index (χ4n) is 2.89. The zero-order valence-electron chi connectivity index (χ0n) is 15.8. The number of hydrogen-bond acceptors (Lipinski definition) is 4. The number of H-pyrrole nitrogens is 2. The van der Waals surface area contributed by atoms with E-state index in [1.54, 1.807) is 42.5 Å². The van der Waals surface area contributed by atoms with Gasteiger partial charge in [0.25, 0.3) is 5.91 Å². The summed E-state index contributed by atoms with van der Waals surface area (Å²) in [6.45, 7) is 0.455. The third-order valence-corrected chi connectivity index (χ3v) is 4.57. The summed E-state index contributed by atoms with van der Waals surface area (Å²) in [6, 6.07) is 21.9. The van der Waals surface area contributed by atoms with Crippen LogP contribution in [0.2, 0.25) is 0 Å². The minimum atomic E-state index is -0.335. The van der Waals surface area contributed by atoms with Gasteiger partial charge in [-0.1, -0.05) is 30.3 Å². The van der Waals surface area contributed by atoms with Gasteiger partial charge in [0, 0.05) is 11.3 Å². The van der Waals surface area contributed by atoms with Gasteiger partial charge < -0.3 is 20.0 Å². The number of ether oxygens (including phenoxy) is 1. The van der Waals surface area contributed by atoms with Gasteiger partial charge in [-0.15, -0.1) is 0 Å². The first kappa shape index (κ1) is 19.4. The number of amides is 1. The Bertz CT molecular complexity index is 1250. The van der Waals surface area contributed by atoms with Crippen molar-refractivity contribution in [1.29, 1.82) is 0 Å². The molecule has 4 rings (SSSR count). The molecule has 7 nitrogen and oxygen atoms in total. The highest BCUT2D eigenvalue weighted by Crippen LogP contribution is 2.16. The molecule has 0 aliphatic heterocycles. The summed E-state index contributed by atoms with van der Waals surface area (Å²) < 4.78 is 5.73. The number of carbonyl (C=O) groups excluding carboxylic acids is 1. The van der Waals surface area contributed by atoms with E-state index >= 15 is 0 Å². The van der Waals surface area contributed by atoms with E-state index in [-0.39, 0.29) is 16.7 Å². The van der Waals surface area contributed by atoms with E-state index in [0.717, 1.165) is 5.56 Å². The van der Waals surface area contributed by atoms with Crippen LogP contribution in [0.4, 0.5) is 5.69 Å². The summed E-state index contributed by atoms with van der Waals surface area (Å²) in [4.78, 5) is 29.1. The summed E-state index contributed by atoms with van der Waals surface area (Å²) in [7, 11) is 0. The number of hydrogen-bond donors (Lipinski definition) is 4. The summed E-state index contributed by atoms with van der Waals surface area (Å²) >= 11 is 5.21. The zero-order chi connectivity index (χ0) is 20.9. The molecule has 4 aromatic rings. The number of aromatic amines is 2. The summed E-state index contributed by atoms with van der Waals surface area (Å²) in [5.41, 5.74) is 3.22. The Morgan fingerprint density at radius 1 is 0.933 bits per heavy atom. The van der Waals surface area contributed by atoms with Crippen molar-refractivity contribution >= 4 is 40.0 Å². The molecular formula is C22H18N4O3S. The highest BCUT2D eigenvalue weighted by Gasteiger charge is 2.09. The molecule has 3 aromatic carbocycles. The van der Waals surface area contributed by atoms with Crippen molar-refractivity contribution < 1.29 is 9.53 Å². The molecule has 0 aliphatic carbocycles. The molecular weight excluding hydrogens is 400 g/mol. The Morgan fingerprint density at radius 2 is 1.67 bits per heavy atom. The number of imidazole rings is 1. The SMILES string of the molecule is O=C(NC(=S)Nc1ccc2[nH]c(=O)[nH]c2c1)c1ccc(OCc2ccccc2)cc1. The van der Waals surface area contributed by atoms with Crippen LogP contribution in [0.5, 0.6) is 5.75 Å². The Hall–Kier alpha value is -3.91. The Kier molecular flexibility index (Phi) is 5.58. The van der Waals surface area contributed by atoms with Crippen LogP contribution in [0.25, 0.3) is 11.0 Å². The quantitative estimate of drug-likeness (QED) is 0.372. The van der Waals surface area contributed by atoms with Crippen LogP contribution in [-0.2, 0) is 6.61 Å². The van der Waals surface area contributed by atoms with E-state index in [9.17, 15) is 9.59 Å². The van der Waals surface area contributed by atoms with Gasteiger partial charge >= 0.3 is 5.69 Å². The maximum atomic E-state index is 12.4. The second kappa shape index (κ2) is 8.62. The number of aromatic nitrogens is 2. The Morgan fingerprint density at radius 3 is 2.43 bits per heavy atom. The molecule has 8 heteroatoms. The van der Waals surface area contributed by atoms with Gasteiger partial charge in [-0.25, -0.2) is 4.79 Å². The van der Waals surface area contributed by atoms with Crippen LogP contribution in [0.3, 0.4) is 0 Å². The zero-order valence-corrected chi connectivity index (χ0v) is 16.6. The van der Waals surface area contributed by atoms with E-state index in [2.05, 4.69) is 20.6 Å². The van der Waals surface area contributed by atoms with Crippen molar-refractivity contribution in [3.8, 4) is 5.75 Å². The van der Waals surface area contributed by atoms with Gasteiger partial charge in [0.1, 0.15) is 12.4 Å². The highest BCUT2D eigenvalue weighted by atomic mass is 32.1. The van der Waals surface area contributed by atoms with E-state index < -0.39 is 0 Å². The number of anilines is 1. The fraction of sp³-hybridized carbons (Fsp3) is 0.0455. The van der Waals surface area contributed by atoms with Crippen LogP contribution in [-0.4, -0.2) is 21.0 Å². The van der Waals surface area contributed by atoms with Crippen LogP contribution < -0.4 is 21.1 Å². The van der Waals surface area contributed by atoms with Crippen molar-refractivity contribution in [1.82, 2.24) is 15.3 Å². The molecule has 4 N–H and O–H groups in total.